The van der Waals surface area contributed by atoms with Crippen LogP contribution in [0.25, 0.3) is 0 Å². The van der Waals surface area contributed by atoms with Gasteiger partial charge in [-0.05, 0) is 64.0 Å². The summed E-state index contributed by atoms with van der Waals surface area (Å²) in [6, 6.07) is 5.90. The van der Waals surface area contributed by atoms with Crippen LogP contribution in [-0.4, -0.2) is 43.6 Å². The first-order valence-electron chi connectivity index (χ1n) is 8.07. The Morgan fingerprint density at radius 2 is 1.91 bits per heavy atom. The second-order valence-corrected chi connectivity index (χ2v) is 6.64. The highest BCUT2D eigenvalue weighted by Crippen LogP contribution is 2.33. The van der Waals surface area contributed by atoms with Crippen molar-refractivity contribution in [1.82, 2.24) is 10.2 Å². The van der Waals surface area contributed by atoms with Crippen molar-refractivity contribution in [2.75, 3.05) is 27.2 Å². The van der Waals surface area contributed by atoms with Gasteiger partial charge in [0.1, 0.15) is 5.75 Å². The van der Waals surface area contributed by atoms with Crippen molar-refractivity contribution >= 4 is 5.91 Å². The van der Waals surface area contributed by atoms with Gasteiger partial charge >= 0.3 is 0 Å². The summed E-state index contributed by atoms with van der Waals surface area (Å²) in [4.78, 5) is 14.3. The van der Waals surface area contributed by atoms with Crippen molar-refractivity contribution in [2.45, 2.75) is 45.1 Å². The number of nitrogens with one attached hydrogen (secondary N) is 1. The molecule has 0 aromatic heterocycles. The molecule has 1 aromatic rings. The van der Waals surface area contributed by atoms with E-state index in [1.807, 2.05) is 25.1 Å². The summed E-state index contributed by atoms with van der Waals surface area (Å²) in [6.45, 7) is 4.89. The Morgan fingerprint density at radius 1 is 1.23 bits per heavy atom. The van der Waals surface area contributed by atoms with Gasteiger partial charge in [0.25, 0.3) is 5.91 Å². The number of hydrogen-bond acceptors (Lipinski definition) is 3. The number of benzene rings is 1. The van der Waals surface area contributed by atoms with Crippen LogP contribution in [0.15, 0.2) is 18.2 Å². The Kier molecular flexibility index (Phi) is 5.46. The minimum atomic E-state index is -0.0497. The molecule has 0 unspecified atom stereocenters. The number of carbonyl (C=O) groups excluding carboxylic acids is 1. The van der Waals surface area contributed by atoms with Crippen molar-refractivity contribution in [3.63, 3.8) is 0 Å². The van der Waals surface area contributed by atoms with Crippen LogP contribution < -0.4 is 10.1 Å². The summed E-state index contributed by atoms with van der Waals surface area (Å²) in [5, 5.41) is 3.04. The van der Waals surface area contributed by atoms with Gasteiger partial charge < -0.3 is 15.0 Å². The zero-order valence-electron chi connectivity index (χ0n) is 14.2. The van der Waals surface area contributed by atoms with Crippen molar-refractivity contribution < 1.29 is 9.53 Å². The van der Waals surface area contributed by atoms with Crippen LogP contribution in [0.3, 0.4) is 0 Å². The monoisotopic (exact) mass is 304 g/mol. The van der Waals surface area contributed by atoms with Gasteiger partial charge in [-0.2, -0.15) is 0 Å². The summed E-state index contributed by atoms with van der Waals surface area (Å²) in [7, 11) is 4.20. The predicted octanol–water partition coefficient (Wildman–Crippen LogP) is 2.67. The molecule has 0 saturated heterocycles. The van der Waals surface area contributed by atoms with Crippen LogP contribution in [0.2, 0.25) is 0 Å². The Morgan fingerprint density at radius 3 is 2.50 bits per heavy atom. The molecule has 122 valence electrons. The van der Waals surface area contributed by atoms with E-state index in [4.69, 9.17) is 4.74 Å². The van der Waals surface area contributed by atoms with Crippen molar-refractivity contribution in [3.8, 4) is 5.75 Å². The topological polar surface area (TPSA) is 41.6 Å². The fourth-order valence-corrected chi connectivity index (χ4v) is 3.08. The highest BCUT2D eigenvalue weighted by molar-refractivity contribution is 5.77. The molecule has 22 heavy (non-hydrogen) atoms. The van der Waals surface area contributed by atoms with Gasteiger partial charge in [-0.1, -0.05) is 18.9 Å². The molecule has 1 amide bonds. The first kappa shape index (κ1) is 16.8. The lowest BCUT2D eigenvalue weighted by Crippen LogP contribution is -2.51. The molecule has 4 heteroatoms. The van der Waals surface area contributed by atoms with Crippen molar-refractivity contribution in [3.05, 3.63) is 29.3 Å². The quantitative estimate of drug-likeness (QED) is 0.878. The largest absolute Gasteiger partial charge is 0.484 e. The van der Waals surface area contributed by atoms with Crippen LogP contribution in [0.5, 0.6) is 5.75 Å². The first-order valence-corrected chi connectivity index (χ1v) is 8.07. The second-order valence-electron chi connectivity index (χ2n) is 6.64. The Hall–Kier alpha value is -1.55. The first-order chi connectivity index (χ1) is 10.4. The number of likely N-dealkylation sites (N-methyl/N-ethyl adjacent to an activating group) is 1. The van der Waals surface area contributed by atoms with Crippen LogP contribution in [0.1, 0.15) is 36.8 Å². The molecule has 1 saturated carbocycles. The molecule has 0 radical (unpaired) electrons. The molecule has 1 N–H and O–H groups in total. The lowest BCUT2D eigenvalue weighted by molar-refractivity contribution is -0.123. The summed E-state index contributed by atoms with van der Waals surface area (Å²) in [5.74, 6) is 0.702. The smallest absolute Gasteiger partial charge is 0.258 e. The van der Waals surface area contributed by atoms with Crippen LogP contribution in [-0.2, 0) is 4.79 Å². The molecule has 1 aliphatic carbocycles. The maximum atomic E-state index is 12.0. The van der Waals surface area contributed by atoms with Gasteiger partial charge in [-0.25, -0.2) is 0 Å². The lowest BCUT2D eigenvalue weighted by Gasteiger charge is -2.36. The van der Waals surface area contributed by atoms with E-state index >= 15 is 0 Å². The van der Waals surface area contributed by atoms with E-state index in [0.717, 1.165) is 18.6 Å². The molecule has 0 spiro atoms. The Bertz CT molecular complexity index is 520. The summed E-state index contributed by atoms with van der Waals surface area (Å²) < 4.78 is 5.59. The average molecular weight is 304 g/mol. The highest BCUT2D eigenvalue weighted by Gasteiger charge is 2.36. The van der Waals surface area contributed by atoms with Crippen LogP contribution >= 0.6 is 0 Å². The molecule has 0 heterocycles. The van der Waals surface area contributed by atoms with Crippen LogP contribution in [0.4, 0.5) is 0 Å². The number of ether oxygens (including phenoxy) is 1. The maximum Gasteiger partial charge on any atom is 0.258 e. The number of rotatable bonds is 6. The second kappa shape index (κ2) is 7.14. The van der Waals surface area contributed by atoms with Crippen LogP contribution in [0, 0.1) is 13.8 Å². The minimum absolute atomic E-state index is 0.0497. The van der Waals surface area contributed by atoms with E-state index in [1.54, 1.807) is 0 Å². The Balaban J connectivity index is 1.81. The molecular weight excluding hydrogens is 276 g/mol. The fourth-order valence-electron chi connectivity index (χ4n) is 3.08. The lowest BCUT2D eigenvalue weighted by atomic mass is 9.96. The summed E-state index contributed by atoms with van der Waals surface area (Å²) >= 11 is 0. The number of aryl methyl sites for hydroxylation is 2. The summed E-state index contributed by atoms with van der Waals surface area (Å²) in [5.41, 5.74) is 2.53. The molecule has 1 aromatic carbocycles. The fraction of sp³-hybridized carbons (Fsp3) is 0.611. The molecule has 1 fully saturated rings. The molecule has 0 aliphatic heterocycles. The van der Waals surface area contributed by atoms with Gasteiger partial charge in [-0.3, -0.25) is 4.79 Å². The van der Waals surface area contributed by atoms with E-state index < -0.39 is 0 Å². The van der Waals surface area contributed by atoms with Gasteiger partial charge in [-0.15, -0.1) is 0 Å². The number of amides is 1. The number of carbonyl (C=O) groups is 1. The third-order valence-electron chi connectivity index (χ3n) is 4.95. The van der Waals surface area contributed by atoms with E-state index in [2.05, 4.69) is 31.2 Å². The zero-order chi connectivity index (χ0) is 16.2. The molecule has 4 nitrogen and oxygen atoms in total. The minimum Gasteiger partial charge on any atom is -0.484 e. The average Bonchev–Trinajstić information content (AvgIpc) is 2.96. The normalized spacial score (nSPS) is 16.8. The van der Waals surface area contributed by atoms with E-state index in [-0.39, 0.29) is 18.1 Å². The third kappa shape index (κ3) is 4.01. The standard InChI is InChI=1S/C18H28N2O2/c1-14-7-8-16(11-15(14)2)22-12-17(21)19-13-18(20(3)4)9-5-6-10-18/h7-8,11H,5-6,9-10,12-13H2,1-4H3,(H,19,21). The predicted molar refractivity (Wildman–Crippen MR) is 89.3 cm³/mol. The van der Waals surface area contributed by atoms with Crippen molar-refractivity contribution in [1.29, 1.82) is 0 Å². The van der Waals surface area contributed by atoms with Gasteiger partial charge in [0.05, 0.1) is 0 Å². The highest BCUT2D eigenvalue weighted by atomic mass is 16.5. The van der Waals surface area contributed by atoms with E-state index in [9.17, 15) is 4.79 Å². The van der Waals surface area contributed by atoms with Gasteiger partial charge in [0.15, 0.2) is 6.61 Å². The zero-order valence-corrected chi connectivity index (χ0v) is 14.2. The molecule has 2 rings (SSSR count). The molecule has 0 atom stereocenters. The van der Waals surface area contributed by atoms with Gasteiger partial charge in [0, 0.05) is 12.1 Å². The number of hydrogen-bond donors (Lipinski definition) is 1. The maximum absolute atomic E-state index is 12.0. The third-order valence-corrected chi connectivity index (χ3v) is 4.95. The number of nitrogens with zero attached hydrogens (tertiary/aromatic N) is 1. The molecule has 0 bridgehead atoms. The summed E-state index contributed by atoms with van der Waals surface area (Å²) in [6.07, 6.45) is 4.79. The van der Waals surface area contributed by atoms with E-state index in [1.165, 1.54) is 24.0 Å². The Labute approximate surface area is 133 Å². The van der Waals surface area contributed by atoms with Gasteiger partial charge in [0.2, 0.25) is 0 Å². The molecular formula is C18H28N2O2. The SMILES string of the molecule is Cc1ccc(OCC(=O)NCC2(N(C)C)CCCC2)cc1C. The van der Waals surface area contributed by atoms with E-state index in [0.29, 0.717) is 6.54 Å². The van der Waals surface area contributed by atoms with Crippen molar-refractivity contribution in [2.24, 2.45) is 0 Å². The molecule has 1 aliphatic rings.